The second-order valence-corrected chi connectivity index (χ2v) is 3.06. The molecule has 1 aromatic heterocycles. The summed E-state index contributed by atoms with van der Waals surface area (Å²) in [5.41, 5.74) is 0.721. The van der Waals surface area contributed by atoms with Gasteiger partial charge in [0.2, 0.25) is 0 Å². The molecule has 15 heavy (non-hydrogen) atoms. The van der Waals surface area contributed by atoms with E-state index in [1.54, 1.807) is 19.3 Å². The van der Waals surface area contributed by atoms with Crippen LogP contribution in [-0.4, -0.2) is 34.4 Å². The summed E-state index contributed by atoms with van der Waals surface area (Å²) in [6, 6.07) is -0.662. The lowest BCUT2D eigenvalue weighted by molar-refractivity contribution is -0.140. The molecule has 0 radical (unpaired) electrons. The minimum absolute atomic E-state index is 0.597. The molecular weight excluding hydrogens is 194 g/mol. The van der Waals surface area contributed by atoms with Crippen LogP contribution < -0.4 is 5.32 Å². The number of hydrogen-bond acceptors (Lipinski definition) is 3. The van der Waals surface area contributed by atoms with Gasteiger partial charge in [0, 0.05) is 6.20 Å². The first-order chi connectivity index (χ1) is 7.15. The zero-order valence-corrected chi connectivity index (χ0v) is 8.69. The Bertz CT molecular complexity index is 400. The third kappa shape index (κ3) is 3.11. The lowest BCUT2D eigenvalue weighted by Gasteiger charge is -2.04. The van der Waals surface area contributed by atoms with Crippen LogP contribution in [0.4, 0.5) is 0 Å². The normalized spacial score (nSPS) is 11.6. The highest BCUT2D eigenvalue weighted by Gasteiger charge is 2.13. The van der Waals surface area contributed by atoms with E-state index in [-0.39, 0.29) is 0 Å². The largest absolute Gasteiger partial charge is 0.480 e. The first-order valence-electron chi connectivity index (χ1n) is 4.55. The van der Waals surface area contributed by atoms with Gasteiger partial charge in [0.1, 0.15) is 6.04 Å². The topological polar surface area (TPSA) is 67.2 Å². The molecule has 1 heterocycles. The summed E-state index contributed by atoms with van der Waals surface area (Å²) in [4.78, 5) is 10.7. The molecule has 0 fully saturated rings. The first kappa shape index (κ1) is 11.3. The molecule has 0 unspecified atom stereocenters. The fourth-order valence-corrected chi connectivity index (χ4v) is 0.962. The molecule has 1 aromatic rings. The summed E-state index contributed by atoms with van der Waals surface area (Å²) < 4.78 is 1.38. The number of aromatic nitrogens is 2. The predicted octanol–water partition coefficient (Wildman–Crippen LogP) is 0.0996. The fourth-order valence-electron chi connectivity index (χ4n) is 0.962. The maximum absolute atomic E-state index is 10.7. The van der Waals surface area contributed by atoms with E-state index in [2.05, 4.69) is 22.3 Å². The highest BCUT2D eigenvalue weighted by molar-refractivity contribution is 5.71. The molecule has 1 atom stereocenters. The van der Waals surface area contributed by atoms with Crippen LogP contribution in [-0.2, 0) is 4.79 Å². The molecule has 0 spiro atoms. The SMILES string of the molecule is CNCC#Cc1cnn([C@@H](C)C(=O)O)c1. The third-order valence-corrected chi connectivity index (χ3v) is 1.85. The van der Waals surface area contributed by atoms with Gasteiger partial charge in [-0.2, -0.15) is 5.10 Å². The predicted molar refractivity (Wildman–Crippen MR) is 55.4 cm³/mol. The van der Waals surface area contributed by atoms with Gasteiger partial charge < -0.3 is 10.4 Å². The molecule has 80 valence electrons. The van der Waals surface area contributed by atoms with Crippen molar-refractivity contribution >= 4 is 5.97 Å². The summed E-state index contributed by atoms with van der Waals surface area (Å²) in [6.45, 7) is 2.17. The maximum Gasteiger partial charge on any atom is 0.328 e. The average molecular weight is 207 g/mol. The Balaban J connectivity index is 2.73. The molecule has 5 heteroatoms. The number of aliphatic carboxylic acids is 1. The van der Waals surface area contributed by atoms with Crippen LogP contribution in [0.2, 0.25) is 0 Å². The van der Waals surface area contributed by atoms with E-state index >= 15 is 0 Å². The van der Waals surface area contributed by atoms with Crippen LogP contribution >= 0.6 is 0 Å². The molecule has 0 bridgehead atoms. The fraction of sp³-hybridized carbons (Fsp3) is 0.400. The Morgan fingerprint density at radius 2 is 2.53 bits per heavy atom. The Labute approximate surface area is 88.1 Å². The van der Waals surface area contributed by atoms with Crippen LogP contribution in [0.5, 0.6) is 0 Å². The van der Waals surface area contributed by atoms with Crippen molar-refractivity contribution < 1.29 is 9.90 Å². The minimum atomic E-state index is -0.909. The summed E-state index contributed by atoms with van der Waals surface area (Å²) in [5.74, 6) is 4.83. The molecule has 0 aromatic carbocycles. The smallest absolute Gasteiger partial charge is 0.328 e. The number of nitrogens with zero attached hydrogens (tertiary/aromatic N) is 2. The molecule has 5 nitrogen and oxygen atoms in total. The molecule has 0 aliphatic rings. The molecule has 0 aliphatic heterocycles. The zero-order chi connectivity index (χ0) is 11.3. The quantitative estimate of drug-likeness (QED) is 0.690. The Hall–Kier alpha value is -1.80. The lowest BCUT2D eigenvalue weighted by atomic mass is 10.3. The second kappa shape index (κ2) is 5.17. The van der Waals surface area contributed by atoms with Crippen molar-refractivity contribution in [3.63, 3.8) is 0 Å². The summed E-state index contributed by atoms with van der Waals surface area (Å²) in [7, 11) is 1.81. The van der Waals surface area contributed by atoms with Crippen LogP contribution in [0.15, 0.2) is 12.4 Å². The van der Waals surface area contributed by atoms with Crippen molar-refractivity contribution in [1.82, 2.24) is 15.1 Å². The second-order valence-electron chi connectivity index (χ2n) is 3.06. The van der Waals surface area contributed by atoms with E-state index < -0.39 is 12.0 Å². The van der Waals surface area contributed by atoms with E-state index in [9.17, 15) is 4.79 Å². The number of nitrogens with one attached hydrogen (secondary N) is 1. The van der Waals surface area contributed by atoms with Gasteiger partial charge in [-0.1, -0.05) is 11.8 Å². The number of carboxylic acids is 1. The van der Waals surface area contributed by atoms with Gasteiger partial charge in [0.15, 0.2) is 0 Å². The number of hydrogen-bond donors (Lipinski definition) is 2. The van der Waals surface area contributed by atoms with Gasteiger partial charge in [-0.05, 0) is 14.0 Å². The highest BCUT2D eigenvalue weighted by atomic mass is 16.4. The van der Waals surface area contributed by atoms with E-state index in [1.807, 2.05) is 7.05 Å². The van der Waals surface area contributed by atoms with Gasteiger partial charge >= 0.3 is 5.97 Å². The van der Waals surface area contributed by atoms with Gasteiger partial charge in [-0.3, -0.25) is 4.68 Å². The number of rotatable bonds is 3. The molecule has 0 saturated carbocycles. The highest BCUT2D eigenvalue weighted by Crippen LogP contribution is 2.05. The van der Waals surface area contributed by atoms with Crippen molar-refractivity contribution in [2.24, 2.45) is 0 Å². The Morgan fingerprint density at radius 1 is 1.80 bits per heavy atom. The number of carbonyl (C=O) groups is 1. The van der Waals surface area contributed by atoms with Crippen LogP contribution in [0.3, 0.4) is 0 Å². The first-order valence-corrected chi connectivity index (χ1v) is 4.55. The van der Waals surface area contributed by atoms with Crippen molar-refractivity contribution in [3.8, 4) is 11.8 Å². The molecule has 2 N–H and O–H groups in total. The van der Waals surface area contributed by atoms with Gasteiger partial charge in [0.05, 0.1) is 18.3 Å². The molecule has 0 saturated heterocycles. The summed E-state index contributed by atoms with van der Waals surface area (Å²) >= 11 is 0. The Morgan fingerprint density at radius 3 is 3.13 bits per heavy atom. The summed E-state index contributed by atoms with van der Waals surface area (Å²) in [5, 5.41) is 15.6. The van der Waals surface area contributed by atoms with Crippen molar-refractivity contribution in [3.05, 3.63) is 18.0 Å². The van der Waals surface area contributed by atoms with E-state index in [0.717, 1.165) is 5.56 Å². The van der Waals surface area contributed by atoms with Crippen LogP contribution in [0.25, 0.3) is 0 Å². The third-order valence-electron chi connectivity index (χ3n) is 1.85. The minimum Gasteiger partial charge on any atom is -0.480 e. The molecular formula is C10H13N3O2. The monoisotopic (exact) mass is 207 g/mol. The van der Waals surface area contributed by atoms with Gasteiger partial charge in [0.25, 0.3) is 0 Å². The number of carboxylic acid groups (broad SMARTS) is 1. The molecule has 1 rings (SSSR count). The zero-order valence-electron chi connectivity index (χ0n) is 8.69. The summed E-state index contributed by atoms with van der Waals surface area (Å²) in [6.07, 6.45) is 3.18. The lowest BCUT2D eigenvalue weighted by Crippen LogP contribution is -2.15. The molecule has 0 amide bonds. The van der Waals surface area contributed by atoms with E-state index in [0.29, 0.717) is 6.54 Å². The van der Waals surface area contributed by atoms with Crippen LogP contribution in [0, 0.1) is 11.8 Å². The van der Waals surface area contributed by atoms with Gasteiger partial charge in [-0.25, -0.2) is 4.79 Å². The van der Waals surface area contributed by atoms with Crippen molar-refractivity contribution in [2.75, 3.05) is 13.6 Å². The van der Waals surface area contributed by atoms with Crippen molar-refractivity contribution in [1.29, 1.82) is 0 Å². The Kier molecular flexibility index (Phi) is 3.89. The van der Waals surface area contributed by atoms with E-state index in [4.69, 9.17) is 5.11 Å². The maximum atomic E-state index is 10.7. The van der Waals surface area contributed by atoms with Crippen LogP contribution in [0.1, 0.15) is 18.5 Å². The van der Waals surface area contributed by atoms with E-state index in [1.165, 1.54) is 4.68 Å². The molecule has 0 aliphatic carbocycles. The van der Waals surface area contributed by atoms with Gasteiger partial charge in [-0.15, -0.1) is 0 Å². The average Bonchev–Trinajstić information content (AvgIpc) is 2.65. The van der Waals surface area contributed by atoms with Crippen molar-refractivity contribution in [2.45, 2.75) is 13.0 Å². The standard InChI is InChI=1S/C10H13N3O2/c1-8(10(14)15)13-7-9(6-12-13)4-3-5-11-2/h6-8,11H,5H2,1-2H3,(H,14,15)/t8-/m0/s1.